The first-order valence-corrected chi connectivity index (χ1v) is 25.0. The van der Waals surface area contributed by atoms with E-state index in [-0.39, 0.29) is 19.1 Å². The van der Waals surface area contributed by atoms with Crippen LogP contribution in [0.2, 0.25) is 0 Å². The zero-order valence-corrected chi connectivity index (χ0v) is 38.1. The minimum absolute atomic E-state index is 0.0723. The fourth-order valence-corrected chi connectivity index (χ4v) is 7.72. The Bertz CT molecular complexity index is 911. The molecule has 0 aromatic heterocycles. The van der Waals surface area contributed by atoms with E-state index in [4.69, 9.17) is 9.05 Å². The quantitative estimate of drug-likeness (QED) is 0.0245. The summed E-state index contributed by atoms with van der Waals surface area (Å²) in [5.41, 5.74) is 0. The van der Waals surface area contributed by atoms with Gasteiger partial charge in [-0.1, -0.05) is 193 Å². The number of unbranched alkanes of at least 4 members (excludes halogenated alkanes) is 28. The minimum Gasteiger partial charge on any atom is -0.391 e. The number of hydrogen-bond acceptors (Lipinski definition) is 5. The van der Waals surface area contributed by atoms with Crippen LogP contribution in [0.25, 0.3) is 0 Å². The number of phosphoric acid groups is 1. The van der Waals surface area contributed by atoms with Crippen LogP contribution in [0.5, 0.6) is 0 Å². The van der Waals surface area contributed by atoms with Crippen LogP contribution in [0.4, 0.5) is 0 Å². The lowest BCUT2D eigenvalue weighted by atomic mass is 10.0. The normalized spacial score (nSPS) is 14.4. The van der Waals surface area contributed by atoms with Crippen molar-refractivity contribution in [2.75, 3.05) is 40.9 Å². The summed E-state index contributed by atoms with van der Waals surface area (Å²) in [5, 5.41) is 14.0. The SMILES string of the molecule is CCCCCCCCCCCC/C=C/CCCC[C@@H](O)[C@H](COP(=O)(O)OCC[N+](C)(C)C)NC(=O)CCCCCCCCCCCCCCCCCCC. The van der Waals surface area contributed by atoms with Gasteiger partial charge in [-0.25, -0.2) is 4.57 Å². The fraction of sp³-hybridized carbons (Fsp3) is 0.935. The molecular formula is C46H94N2O6P+. The molecule has 1 unspecified atom stereocenters. The first kappa shape index (κ1) is 54.2. The maximum Gasteiger partial charge on any atom is 0.472 e. The van der Waals surface area contributed by atoms with Gasteiger partial charge >= 0.3 is 7.82 Å². The van der Waals surface area contributed by atoms with Crippen molar-refractivity contribution in [3.8, 4) is 0 Å². The highest BCUT2D eigenvalue weighted by Gasteiger charge is 2.28. The van der Waals surface area contributed by atoms with Gasteiger partial charge in [-0.2, -0.15) is 0 Å². The van der Waals surface area contributed by atoms with Gasteiger partial charge in [-0.15, -0.1) is 0 Å². The largest absolute Gasteiger partial charge is 0.472 e. The van der Waals surface area contributed by atoms with E-state index < -0.39 is 20.0 Å². The van der Waals surface area contributed by atoms with Crippen LogP contribution in [-0.4, -0.2) is 73.4 Å². The summed E-state index contributed by atoms with van der Waals surface area (Å²) >= 11 is 0. The second kappa shape index (κ2) is 38.7. The number of carbonyl (C=O) groups excluding carboxylic acids is 1. The Hall–Kier alpha value is -0.760. The Morgan fingerprint density at radius 3 is 1.40 bits per heavy atom. The minimum atomic E-state index is -4.32. The molecule has 1 amide bonds. The monoisotopic (exact) mass is 802 g/mol. The number of carbonyl (C=O) groups is 1. The molecule has 0 aliphatic carbocycles. The third-order valence-corrected chi connectivity index (χ3v) is 11.7. The van der Waals surface area contributed by atoms with Gasteiger partial charge in [-0.3, -0.25) is 13.8 Å². The van der Waals surface area contributed by atoms with Crippen LogP contribution < -0.4 is 5.32 Å². The smallest absolute Gasteiger partial charge is 0.391 e. The molecule has 0 aromatic carbocycles. The Morgan fingerprint density at radius 1 is 0.600 bits per heavy atom. The van der Waals surface area contributed by atoms with E-state index in [1.807, 2.05) is 21.1 Å². The highest BCUT2D eigenvalue weighted by molar-refractivity contribution is 7.47. The van der Waals surface area contributed by atoms with Gasteiger partial charge in [0, 0.05) is 6.42 Å². The molecule has 3 atom stereocenters. The van der Waals surface area contributed by atoms with Crippen molar-refractivity contribution in [1.29, 1.82) is 0 Å². The summed E-state index contributed by atoms with van der Waals surface area (Å²) in [4.78, 5) is 23.2. The number of rotatable bonds is 43. The van der Waals surface area contributed by atoms with Gasteiger partial charge in [0.15, 0.2) is 0 Å². The summed E-state index contributed by atoms with van der Waals surface area (Å²) in [7, 11) is 1.61. The number of nitrogens with one attached hydrogen (secondary N) is 1. The van der Waals surface area contributed by atoms with Crippen molar-refractivity contribution < 1.29 is 32.9 Å². The van der Waals surface area contributed by atoms with Crippen LogP contribution in [0.1, 0.15) is 226 Å². The lowest BCUT2D eigenvalue weighted by Crippen LogP contribution is -2.46. The molecule has 8 nitrogen and oxygen atoms in total. The van der Waals surface area contributed by atoms with Gasteiger partial charge in [0.1, 0.15) is 13.2 Å². The Morgan fingerprint density at radius 2 is 0.982 bits per heavy atom. The van der Waals surface area contributed by atoms with Gasteiger partial charge in [0.05, 0.1) is 39.9 Å². The molecule has 0 saturated carbocycles. The van der Waals surface area contributed by atoms with Crippen LogP contribution in [0.15, 0.2) is 12.2 Å². The van der Waals surface area contributed by atoms with Crippen molar-refractivity contribution in [3.63, 3.8) is 0 Å². The van der Waals surface area contributed by atoms with Gasteiger partial charge in [-0.05, 0) is 38.5 Å². The molecule has 55 heavy (non-hydrogen) atoms. The van der Waals surface area contributed by atoms with Gasteiger partial charge in [0.2, 0.25) is 5.91 Å². The molecule has 0 fully saturated rings. The van der Waals surface area contributed by atoms with Crippen molar-refractivity contribution in [2.24, 2.45) is 0 Å². The molecule has 0 saturated heterocycles. The summed E-state index contributed by atoms with van der Waals surface area (Å²) in [6.45, 7) is 4.89. The lowest BCUT2D eigenvalue weighted by Gasteiger charge is -2.26. The highest BCUT2D eigenvalue weighted by Crippen LogP contribution is 2.43. The first-order chi connectivity index (χ1) is 26.5. The van der Waals surface area contributed by atoms with Crippen molar-refractivity contribution in [1.82, 2.24) is 5.32 Å². The van der Waals surface area contributed by atoms with Crippen molar-refractivity contribution >= 4 is 13.7 Å². The third-order valence-electron chi connectivity index (χ3n) is 10.8. The maximum absolute atomic E-state index is 12.9. The molecule has 9 heteroatoms. The number of amides is 1. The molecule has 0 bridgehead atoms. The van der Waals surface area contributed by atoms with E-state index in [0.717, 1.165) is 44.9 Å². The van der Waals surface area contributed by atoms with E-state index in [1.54, 1.807) is 0 Å². The number of hydrogen-bond donors (Lipinski definition) is 3. The molecule has 3 N–H and O–H groups in total. The Labute approximate surface area is 342 Å². The lowest BCUT2D eigenvalue weighted by molar-refractivity contribution is -0.870. The van der Waals surface area contributed by atoms with E-state index >= 15 is 0 Å². The van der Waals surface area contributed by atoms with Crippen molar-refractivity contribution in [2.45, 2.75) is 238 Å². The maximum atomic E-state index is 12.9. The Balaban J connectivity index is 4.34. The number of quaternary nitrogens is 1. The molecule has 0 rings (SSSR count). The zero-order valence-electron chi connectivity index (χ0n) is 37.2. The first-order valence-electron chi connectivity index (χ1n) is 23.6. The molecule has 0 aromatic rings. The van der Waals surface area contributed by atoms with Crippen LogP contribution >= 0.6 is 7.82 Å². The predicted molar refractivity (Wildman–Crippen MR) is 235 cm³/mol. The molecule has 328 valence electrons. The average molecular weight is 802 g/mol. The average Bonchev–Trinajstić information content (AvgIpc) is 3.13. The number of nitrogens with zero attached hydrogens (tertiary/aromatic N) is 1. The molecule has 0 aliphatic rings. The summed E-state index contributed by atoms with van der Waals surface area (Å²) in [5.74, 6) is -0.151. The predicted octanol–water partition coefficient (Wildman–Crippen LogP) is 13.1. The van der Waals surface area contributed by atoms with E-state index in [2.05, 4.69) is 31.3 Å². The number of aliphatic hydroxyl groups excluding tert-OH is 1. The molecule has 0 heterocycles. The summed E-state index contributed by atoms with van der Waals surface area (Å²) < 4.78 is 23.6. The number of aliphatic hydroxyl groups is 1. The number of likely N-dealkylation sites (N-methyl/N-ethyl adjacent to an activating group) is 1. The van der Waals surface area contributed by atoms with Crippen LogP contribution in [-0.2, 0) is 18.4 Å². The second-order valence-corrected chi connectivity index (χ2v) is 18.9. The molecule has 0 aliphatic heterocycles. The van der Waals surface area contributed by atoms with E-state index in [1.165, 1.54) is 154 Å². The summed E-state index contributed by atoms with van der Waals surface area (Å²) in [6, 6.07) is -0.771. The molecular weight excluding hydrogens is 707 g/mol. The van der Waals surface area contributed by atoms with E-state index in [9.17, 15) is 19.4 Å². The highest BCUT2D eigenvalue weighted by atomic mass is 31.2. The third kappa shape index (κ3) is 41.2. The fourth-order valence-electron chi connectivity index (χ4n) is 6.98. The van der Waals surface area contributed by atoms with E-state index in [0.29, 0.717) is 23.9 Å². The Kier molecular flexibility index (Phi) is 38.2. The number of phosphoric ester groups is 1. The van der Waals surface area contributed by atoms with Crippen LogP contribution in [0, 0.1) is 0 Å². The summed E-state index contributed by atoms with van der Waals surface area (Å²) in [6.07, 6.45) is 43.8. The van der Waals surface area contributed by atoms with Gasteiger partial charge in [0.25, 0.3) is 0 Å². The topological polar surface area (TPSA) is 105 Å². The zero-order chi connectivity index (χ0) is 40.7. The van der Waals surface area contributed by atoms with Crippen LogP contribution in [0.3, 0.4) is 0 Å². The second-order valence-electron chi connectivity index (χ2n) is 17.5. The molecule has 0 radical (unpaired) electrons. The number of allylic oxidation sites excluding steroid dienone is 2. The standard InChI is InChI=1S/C46H93N2O6P/c1-6-8-10-12-14-16-18-20-22-24-26-28-30-32-34-36-38-40-46(50)47-44(43-54-55(51,52)53-42-41-48(3,4)5)45(49)39-37-35-33-31-29-27-25-23-21-19-17-15-13-11-9-7-2/h29,31,44-45,49H,6-28,30,32-43H2,1-5H3,(H-,47,50,51,52)/p+1/b31-29+/t44-,45+/m0/s1. The van der Waals surface area contributed by atoms with Crippen molar-refractivity contribution in [3.05, 3.63) is 12.2 Å². The molecule has 0 spiro atoms. The van der Waals surface area contributed by atoms with Gasteiger partial charge < -0.3 is 19.8 Å².